The van der Waals surface area contributed by atoms with Crippen LogP contribution in [0.3, 0.4) is 0 Å². The van der Waals surface area contributed by atoms with E-state index in [9.17, 15) is 9.18 Å². The van der Waals surface area contributed by atoms with Crippen molar-refractivity contribution in [1.29, 1.82) is 0 Å². The first-order valence-electron chi connectivity index (χ1n) is 16.2. The number of halogens is 3. The normalized spacial score (nSPS) is 27.0. The molecule has 1 saturated carbocycles. The molecule has 1 aliphatic carbocycles. The van der Waals surface area contributed by atoms with Gasteiger partial charge in [-0.1, -0.05) is 12.1 Å². The Morgan fingerprint density at radius 1 is 0.953 bits per heavy atom. The molecule has 1 unspecified atom stereocenters. The summed E-state index contributed by atoms with van der Waals surface area (Å²) in [7, 11) is 0. The molecule has 0 spiro atoms. The number of hydrogen-bond acceptors (Lipinski definition) is 7. The zero-order valence-electron chi connectivity index (χ0n) is 24.8. The molecule has 1 atom stereocenters. The summed E-state index contributed by atoms with van der Waals surface area (Å²) >= 11 is 0. The van der Waals surface area contributed by atoms with Crippen LogP contribution < -0.4 is 20.9 Å². The van der Waals surface area contributed by atoms with Gasteiger partial charge in [-0.3, -0.25) is 4.79 Å². The molecule has 8 nitrogen and oxygen atoms in total. The Kier molecular flexibility index (Phi) is 9.37. The summed E-state index contributed by atoms with van der Waals surface area (Å²) in [5, 5.41) is 9.65. The number of amides is 1. The van der Waals surface area contributed by atoms with E-state index in [0.29, 0.717) is 12.4 Å². The van der Waals surface area contributed by atoms with E-state index >= 15 is 8.78 Å². The van der Waals surface area contributed by atoms with Crippen molar-refractivity contribution in [2.24, 2.45) is 5.92 Å². The maximum absolute atomic E-state index is 15.0. The van der Waals surface area contributed by atoms with E-state index in [2.05, 4.69) is 36.9 Å². The summed E-state index contributed by atoms with van der Waals surface area (Å²) in [6, 6.07) is 4.87. The van der Waals surface area contributed by atoms with Gasteiger partial charge in [-0.15, -0.1) is 0 Å². The minimum Gasteiger partial charge on any atom is -0.372 e. The molecular weight excluding hydrogens is 555 g/mol. The van der Waals surface area contributed by atoms with Gasteiger partial charge in [0.15, 0.2) is 5.82 Å². The first-order valence-corrected chi connectivity index (χ1v) is 16.2. The van der Waals surface area contributed by atoms with Gasteiger partial charge in [0.2, 0.25) is 11.9 Å². The Morgan fingerprint density at radius 2 is 1.70 bits per heavy atom. The van der Waals surface area contributed by atoms with E-state index in [1.54, 1.807) is 0 Å². The third kappa shape index (κ3) is 7.25. The number of anilines is 2. The molecule has 43 heavy (non-hydrogen) atoms. The summed E-state index contributed by atoms with van der Waals surface area (Å²) in [4.78, 5) is 25.4. The highest BCUT2D eigenvalue weighted by Crippen LogP contribution is 2.38. The lowest BCUT2D eigenvalue weighted by Crippen LogP contribution is -2.57. The average Bonchev–Trinajstić information content (AvgIpc) is 3.03. The van der Waals surface area contributed by atoms with Gasteiger partial charge in [-0.2, -0.15) is 8.78 Å². The number of likely N-dealkylation sites (tertiary alicyclic amines) is 1. The van der Waals surface area contributed by atoms with Crippen molar-refractivity contribution < 1.29 is 18.0 Å². The van der Waals surface area contributed by atoms with Gasteiger partial charge in [0.05, 0.1) is 6.20 Å². The van der Waals surface area contributed by atoms with Gasteiger partial charge < -0.3 is 20.9 Å². The van der Waals surface area contributed by atoms with Crippen molar-refractivity contribution in [3.05, 3.63) is 36.3 Å². The Balaban J connectivity index is 1.00. The lowest BCUT2D eigenvalue weighted by atomic mass is 9.88. The van der Waals surface area contributed by atoms with Crippen molar-refractivity contribution >= 4 is 17.5 Å². The lowest BCUT2D eigenvalue weighted by Gasteiger charge is -2.44. The van der Waals surface area contributed by atoms with Crippen molar-refractivity contribution in [2.45, 2.75) is 94.8 Å². The topological polar surface area (TPSA) is 85.4 Å². The number of nitrogens with one attached hydrogen (secondary N) is 3. The third-order valence-corrected chi connectivity index (χ3v) is 9.74. The minimum absolute atomic E-state index is 0.0381. The highest BCUT2D eigenvalue weighted by molar-refractivity contribution is 5.79. The molecule has 2 aromatic rings. The van der Waals surface area contributed by atoms with Crippen LogP contribution in [0.2, 0.25) is 0 Å². The van der Waals surface area contributed by atoms with E-state index < -0.39 is 24.2 Å². The van der Waals surface area contributed by atoms with Crippen LogP contribution in [0.1, 0.15) is 70.6 Å². The van der Waals surface area contributed by atoms with Gasteiger partial charge in [-0.05, 0) is 89.4 Å². The van der Waals surface area contributed by atoms with E-state index in [-0.39, 0.29) is 36.3 Å². The largest absolute Gasteiger partial charge is 0.372 e. The quantitative estimate of drug-likeness (QED) is 0.379. The second-order valence-electron chi connectivity index (χ2n) is 12.7. The number of piperidine rings is 3. The van der Waals surface area contributed by atoms with Crippen molar-refractivity contribution in [2.75, 3.05) is 42.9 Å². The summed E-state index contributed by atoms with van der Waals surface area (Å²) in [5.41, 5.74) is 2.09. The Hall–Kier alpha value is -2.92. The molecule has 3 aliphatic heterocycles. The van der Waals surface area contributed by atoms with Crippen LogP contribution in [0.5, 0.6) is 0 Å². The summed E-state index contributed by atoms with van der Waals surface area (Å²) in [5.74, 6) is -0.988. The first kappa shape index (κ1) is 30.1. The van der Waals surface area contributed by atoms with Crippen LogP contribution in [-0.2, 0) is 4.79 Å². The Bertz CT molecular complexity index is 1240. The second kappa shape index (κ2) is 13.4. The van der Waals surface area contributed by atoms with Gasteiger partial charge in [0.25, 0.3) is 0 Å². The molecule has 11 heteroatoms. The Morgan fingerprint density at radius 3 is 2.44 bits per heavy atom. The van der Waals surface area contributed by atoms with E-state index in [1.807, 2.05) is 18.2 Å². The number of rotatable bonds is 7. The van der Waals surface area contributed by atoms with Gasteiger partial charge in [-0.25, -0.2) is 19.3 Å². The number of hydrogen-bond donors (Lipinski definition) is 3. The SMILES string of the molecule is O=C(NC1CCC(Nc2ncc(F)c(-c3cccc(N4CCCCC4)c3)n2)CC1)C1CCN(C2CCNCC2)C(F)(F)C1. The van der Waals surface area contributed by atoms with Crippen LogP contribution in [-0.4, -0.2) is 77.7 Å². The molecule has 0 radical (unpaired) electrons. The first-order chi connectivity index (χ1) is 20.9. The lowest BCUT2D eigenvalue weighted by molar-refractivity contribution is -0.201. The second-order valence-corrected chi connectivity index (χ2v) is 12.7. The van der Waals surface area contributed by atoms with Crippen LogP contribution in [0.15, 0.2) is 30.5 Å². The van der Waals surface area contributed by atoms with Crippen LogP contribution in [0.4, 0.5) is 24.8 Å². The predicted molar refractivity (Wildman–Crippen MR) is 162 cm³/mol. The average molecular weight is 600 g/mol. The zero-order valence-corrected chi connectivity index (χ0v) is 24.8. The number of carbonyl (C=O) groups excluding carboxylic acids is 1. The standard InChI is InChI=1S/C32H44F3N7O/c33-28-21-37-31(40-29(28)22-5-4-6-27(19-22)41-16-2-1-3-17-41)39-25-9-7-24(8-10-25)38-30(43)23-13-18-42(32(34,35)20-23)26-11-14-36-15-12-26/h4-6,19,21,23-26,36H,1-3,7-18,20H2,(H,38,43)(H,37,39,40). The molecule has 4 fully saturated rings. The number of carbonyl (C=O) groups is 1. The van der Waals surface area contributed by atoms with Crippen LogP contribution >= 0.6 is 0 Å². The maximum atomic E-state index is 15.0. The molecule has 3 saturated heterocycles. The summed E-state index contributed by atoms with van der Waals surface area (Å²) in [6.45, 7) is 3.81. The molecule has 6 rings (SSSR count). The summed E-state index contributed by atoms with van der Waals surface area (Å²) < 4.78 is 44.9. The van der Waals surface area contributed by atoms with Gasteiger partial charge >= 0.3 is 6.05 Å². The molecule has 234 valence electrons. The molecule has 3 N–H and O–H groups in total. The zero-order chi connectivity index (χ0) is 29.8. The van der Waals surface area contributed by atoms with Crippen molar-refractivity contribution in [1.82, 2.24) is 25.5 Å². The van der Waals surface area contributed by atoms with Crippen LogP contribution in [0.25, 0.3) is 11.3 Å². The van der Waals surface area contributed by atoms with E-state index in [0.717, 1.165) is 76.0 Å². The molecular formula is C32H44F3N7O. The molecule has 1 aromatic heterocycles. The number of benzene rings is 1. The molecule has 0 bridgehead atoms. The predicted octanol–water partition coefficient (Wildman–Crippen LogP) is 5.17. The third-order valence-electron chi connectivity index (χ3n) is 9.74. The smallest absolute Gasteiger partial charge is 0.305 e. The fourth-order valence-electron chi connectivity index (χ4n) is 7.29. The summed E-state index contributed by atoms with van der Waals surface area (Å²) in [6.07, 6.45) is 9.32. The maximum Gasteiger partial charge on any atom is 0.305 e. The molecule has 4 aliphatic rings. The number of aromatic nitrogens is 2. The van der Waals surface area contributed by atoms with E-state index in [1.165, 1.54) is 30.4 Å². The van der Waals surface area contributed by atoms with Crippen molar-refractivity contribution in [3.8, 4) is 11.3 Å². The molecule has 4 heterocycles. The fraction of sp³-hybridized carbons (Fsp3) is 0.656. The van der Waals surface area contributed by atoms with Gasteiger partial charge in [0.1, 0.15) is 5.69 Å². The van der Waals surface area contributed by atoms with Gasteiger partial charge in [0, 0.05) is 61.3 Å². The highest BCUT2D eigenvalue weighted by Gasteiger charge is 2.48. The number of alkyl halides is 2. The van der Waals surface area contributed by atoms with Crippen LogP contribution in [0, 0.1) is 11.7 Å². The fourth-order valence-corrected chi connectivity index (χ4v) is 7.29. The van der Waals surface area contributed by atoms with E-state index in [4.69, 9.17) is 0 Å². The monoisotopic (exact) mass is 599 g/mol. The minimum atomic E-state index is -2.95. The highest BCUT2D eigenvalue weighted by atomic mass is 19.3. The Labute approximate surface area is 252 Å². The van der Waals surface area contributed by atoms with Crippen molar-refractivity contribution in [3.63, 3.8) is 0 Å². The molecule has 1 amide bonds. The number of nitrogens with zero attached hydrogens (tertiary/aromatic N) is 4. The molecule has 1 aromatic carbocycles.